The van der Waals surface area contributed by atoms with E-state index in [4.69, 9.17) is 4.74 Å². The number of aromatic nitrogens is 7. The topological polar surface area (TPSA) is 89.5 Å². The monoisotopic (exact) mass is 447 g/mol. The average molecular weight is 447 g/mol. The number of halogens is 3. The lowest BCUT2D eigenvalue weighted by molar-refractivity contribution is -0.140. The van der Waals surface area contributed by atoms with Crippen molar-refractivity contribution in [1.29, 1.82) is 0 Å². The van der Waals surface area contributed by atoms with Gasteiger partial charge >= 0.3 is 6.18 Å². The molecule has 0 atom stereocenters. The van der Waals surface area contributed by atoms with Gasteiger partial charge in [0, 0.05) is 58.4 Å². The molecule has 1 aliphatic rings. The third-order valence-electron chi connectivity index (χ3n) is 5.44. The van der Waals surface area contributed by atoms with Gasteiger partial charge in [0.2, 0.25) is 0 Å². The number of methoxy groups -OCH3 is 1. The third kappa shape index (κ3) is 3.57. The van der Waals surface area contributed by atoms with Gasteiger partial charge in [-0.1, -0.05) is 0 Å². The van der Waals surface area contributed by atoms with E-state index in [1.165, 1.54) is 23.1 Å². The van der Waals surface area contributed by atoms with E-state index in [1.807, 2.05) is 9.47 Å². The zero-order valence-corrected chi connectivity index (χ0v) is 17.2. The van der Waals surface area contributed by atoms with Gasteiger partial charge < -0.3 is 23.5 Å². The Bertz CT molecular complexity index is 1240. The van der Waals surface area contributed by atoms with E-state index in [0.29, 0.717) is 50.7 Å². The number of rotatable bonds is 5. The summed E-state index contributed by atoms with van der Waals surface area (Å²) in [5, 5.41) is 0. The van der Waals surface area contributed by atoms with Crippen molar-refractivity contribution in [3.05, 3.63) is 36.9 Å². The van der Waals surface area contributed by atoms with Crippen molar-refractivity contribution < 1.29 is 17.9 Å². The third-order valence-corrected chi connectivity index (χ3v) is 5.44. The Kier molecular flexibility index (Phi) is 5.04. The largest absolute Gasteiger partial charge is 0.434 e. The molecule has 4 aromatic heterocycles. The molecule has 0 aliphatic carbocycles. The Balaban J connectivity index is 1.37. The van der Waals surface area contributed by atoms with Crippen LogP contribution in [0.3, 0.4) is 0 Å². The predicted octanol–water partition coefficient (Wildman–Crippen LogP) is 1.86. The van der Waals surface area contributed by atoms with Crippen LogP contribution in [0.25, 0.3) is 16.8 Å². The second kappa shape index (κ2) is 7.89. The van der Waals surface area contributed by atoms with Gasteiger partial charge in [-0.2, -0.15) is 13.2 Å². The Morgan fingerprint density at radius 3 is 2.44 bits per heavy atom. The van der Waals surface area contributed by atoms with Crippen molar-refractivity contribution in [2.75, 3.05) is 49.7 Å². The molecule has 32 heavy (non-hydrogen) atoms. The molecule has 5 heterocycles. The number of anilines is 2. The molecule has 0 radical (unpaired) electrons. The van der Waals surface area contributed by atoms with Crippen LogP contribution < -0.4 is 9.80 Å². The fraction of sp³-hybridized carbons (Fsp3) is 0.421. The molecule has 1 fully saturated rings. The van der Waals surface area contributed by atoms with Gasteiger partial charge in [-0.15, -0.1) is 0 Å². The smallest absolute Gasteiger partial charge is 0.383 e. The van der Waals surface area contributed by atoms with Crippen LogP contribution in [-0.2, 0) is 17.5 Å². The van der Waals surface area contributed by atoms with Crippen LogP contribution in [0.15, 0.2) is 31.2 Å². The minimum absolute atomic E-state index is 0.189. The molecular weight excluding hydrogens is 427 g/mol. The average Bonchev–Trinajstić information content (AvgIpc) is 3.42. The summed E-state index contributed by atoms with van der Waals surface area (Å²) < 4.78 is 47.7. The second-order valence-electron chi connectivity index (χ2n) is 7.38. The fourth-order valence-corrected chi connectivity index (χ4v) is 3.85. The number of ether oxygens (including phenoxy) is 1. The minimum Gasteiger partial charge on any atom is -0.383 e. The van der Waals surface area contributed by atoms with Gasteiger partial charge in [0.25, 0.3) is 0 Å². The number of fused-ring (bicyclic) bond motifs is 2. The lowest BCUT2D eigenvalue weighted by Gasteiger charge is -2.35. The van der Waals surface area contributed by atoms with E-state index in [0.717, 1.165) is 17.7 Å². The summed E-state index contributed by atoms with van der Waals surface area (Å²) in [5.41, 5.74) is 0.700. The molecule has 5 rings (SSSR count). The van der Waals surface area contributed by atoms with Crippen molar-refractivity contribution in [3.8, 4) is 0 Å². The maximum atomic E-state index is 13.1. The first-order valence-electron chi connectivity index (χ1n) is 10.0. The van der Waals surface area contributed by atoms with E-state index in [2.05, 4.69) is 29.8 Å². The molecule has 0 N–H and O–H groups in total. The molecule has 10 nitrogen and oxygen atoms in total. The Morgan fingerprint density at radius 1 is 0.969 bits per heavy atom. The Hall–Kier alpha value is -3.48. The number of alkyl halides is 3. The van der Waals surface area contributed by atoms with Gasteiger partial charge in [0.05, 0.1) is 12.9 Å². The molecule has 0 unspecified atom stereocenters. The van der Waals surface area contributed by atoms with Crippen molar-refractivity contribution in [2.45, 2.75) is 12.7 Å². The summed E-state index contributed by atoms with van der Waals surface area (Å²) in [6.07, 6.45) is 2.66. The first kappa shape index (κ1) is 20.4. The van der Waals surface area contributed by atoms with Gasteiger partial charge in [-0.25, -0.2) is 24.9 Å². The maximum Gasteiger partial charge on any atom is 0.434 e. The van der Waals surface area contributed by atoms with Crippen molar-refractivity contribution in [2.24, 2.45) is 0 Å². The van der Waals surface area contributed by atoms with Crippen molar-refractivity contribution in [3.63, 3.8) is 0 Å². The van der Waals surface area contributed by atoms with Crippen molar-refractivity contribution >= 4 is 28.4 Å². The normalized spacial score (nSPS) is 15.2. The molecule has 1 aliphatic heterocycles. The summed E-state index contributed by atoms with van der Waals surface area (Å²) in [4.78, 5) is 25.4. The summed E-state index contributed by atoms with van der Waals surface area (Å²) in [5.74, 6) is 1.16. The lowest BCUT2D eigenvalue weighted by Crippen LogP contribution is -2.47. The quantitative estimate of drug-likeness (QED) is 0.458. The van der Waals surface area contributed by atoms with Crippen molar-refractivity contribution in [1.82, 2.24) is 33.9 Å². The van der Waals surface area contributed by atoms with E-state index in [1.54, 1.807) is 13.4 Å². The first-order valence-corrected chi connectivity index (χ1v) is 10.0. The Labute approximate surface area is 180 Å². The maximum absolute atomic E-state index is 13.1. The highest BCUT2D eigenvalue weighted by molar-refractivity contribution is 5.83. The molecule has 0 aromatic carbocycles. The molecule has 0 amide bonds. The highest BCUT2D eigenvalue weighted by atomic mass is 19.4. The van der Waals surface area contributed by atoms with Crippen LogP contribution in [-0.4, -0.2) is 73.8 Å². The highest BCUT2D eigenvalue weighted by Crippen LogP contribution is 2.31. The van der Waals surface area contributed by atoms with Gasteiger partial charge in [0.15, 0.2) is 34.1 Å². The molecule has 0 bridgehead atoms. The van der Waals surface area contributed by atoms with E-state index in [-0.39, 0.29) is 5.65 Å². The van der Waals surface area contributed by atoms with Crippen LogP contribution >= 0.6 is 0 Å². The Morgan fingerprint density at radius 2 is 1.72 bits per heavy atom. The summed E-state index contributed by atoms with van der Waals surface area (Å²) in [6, 6.07) is 0. The van der Waals surface area contributed by atoms with Crippen LogP contribution in [0.4, 0.5) is 24.8 Å². The number of hydrogen-bond donors (Lipinski definition) is 0. The number of nitrogens with zero attached hydrogens (tertiary/aromatic N) is 9. The predicted molar refractivity (Wildman–Crippen MR) is 110 cm³/mol. The molecule has 0 saturated carbocycles. The molecule has 4 aromatic rings. The van der Waals surface area contributed by atoms with E-state index < -0.39 is 11.9 Å². The van der Waals surface area contributed by atoms with Crippen LogP contribution in [0.2, 0.25) is 0 Å². The highest BCUT2D eigenvalue weighted by Gasteiger charge is 2.35. The summed E-state index contributed by atoms with van der Waals surface area (Å²) >= 11 is 0. The van der Waals surface area contributed by atoms with E-state index >= 15 is 0 Å². The van der Waals surface area contributed by atoms with Gasteiger partial charge in [-0.3, -0.25) is 0 Å². The van der Waals surface area contributed by atoms with Crippen LogP contribution in [0.1, 0.15) is 5.69 Å². The summed E-state index contributed by atoms with van der Waals surface area (Å²) in [6.45, 7) is 3.50. The number of hydrogen-bond acceptors (Lipinski definition) is 8. The SMILES string of the molecule is COCCn1cnc2c(N3CCN(c4nccn5cc(C(F)(F)F)nc45)CC3)ncnc21. The molecule has 1 saturated heterocycles. The lowest BCUT2D eigenvalue weighted by atomic mass is 10.3. The van der Waals surface area contributed by atoms with Crippen LogP contribution in [0.5, 0.6) is 0 Å². The minimum atomic E-state index is -4.51. The second-order valence-corrected chi connectivity index (χ2v) is 7.38. The van der Waals surface area contributed by atoms with Gasteiger partial charge in [0.1, 0.15) is 6.33 Å². The van der Waals surface area contributed by atoms with Gasteiger partial charge in [-0.05, 0) is 0 Å². The zero-order chi connectivity index (χ0) is 22.3. The number of imidazole rings is 2. The number of piperazine rings is 1. The summed E-state index contributed by atoms with van der Waals surface area (Å²) in [7, 11) is 1.64. The molecule has 13 heteroatoms. The van der Waals surface area contributed by atoms with Crippen LogP contribution in [0, 0.1) is 0 Å². The first-order chi connectivity index (χ1) is 15.5. The molecule has 168 valence electrons. The fourth-order valence-electron chi connectivity index (χ4n) is 3.85. The standard InChI is InChI=1S/C19H20F3N9O/c1-32-9-8-31-12-26-14-15(24-11-25-16(14)31)28-4-6-29(7-5-28)17-18-27-13(19(20,21)22)10-30(18)3-2-23-17/h2-3,10-12H,4-9H2,1H3. The van der Waals surface area contributed by atoms with E-state index in [9.17, 15) is 13.2 Å². The molecular formula is C19H20F3N9O. The molecule has 0 spiro atoms. The zero-order valence-electron chi connectivity index (χ0n) is 17.2.